The summed E-state index contributed by atoms with van der Waals surface area (Å²) in [4.78, 5) is 0. The number of hydrogen-bond donors (Lipinski definition) is 1. The second-order valence-electron chi connectivity index (χ2n) is 6.86. The molecule has 0 spiro atoms. The maximum Gasteiger partial charge on any atom is 0.175 e. The fourth-order valence-electron chi connectivity index (χ4n) is 3.16. The number of nitrogens with one attached hydrogen (secondary N) is 1. The second-order valence-corrected chi connectivity index (χ2v) is 8.53. The summed E-state index contributed by atoms with van der Waals surface area (Å²) >= 11 is 15.7. The van der Waals surface area contributed by atoms with Crippen LogP contribution in [0.15, 0.2) is 53.0 Å². The number of benzene rings is 3. The Kier molecular flexibility index (Phi) is 7.00. The molecule has 0 unspecified atom stereocenters. The first-order chi connectivity index (χ1) is 15.0. The van der Waals surface area contributed by atoms with E-state index in [1.807, 2.05) is 36.4 Å². The zero-order valence-electron chi connectivity index (χ0n) is 16.7. The maximum atomic E-state index is 6.09. The Labute approximate surface area is 199 Å². The van der Waals surface area contributed by atoms with Crippen LogP contribution in [0, 0.1) is 0 Å². The minimum Gasteiger partial charge on any atom is -0.493 e. The number of ether oxygens (including phenoxy) is 4. The molecule has 0 aliphatic carbocycles. The summed E-state index contributed by atoms with van der Waals surface area (Å²) in [6, 6.07) is 15.2. The lowest BCUT2D eigenvalue weighted by Crippen LogP contribution is -2.15. The average Bonchev–Trinajstić information content (AvgIpc) is 2.78. The van der Waals surface area contributed by atoms with E-state index >= 15 is 0 Å². The van der Waals surface area contributed by atoms with E-state index in [0.29, 0.717) is 47.9 Å². The summed E-state index contributed by atoms with van der Waals surface area (Å²) in [6.07, 6.45) is 0. The molecule has 0 aromatic heterocycles. The van der Waals surface area contributed by atoms with Gasteiger partial charge in [-0.3, -0.25) is 0 Å². The van der Waals surface area contributed by atoms with Gasteiger partial charge in [-0.2, -0.15) is 0 Å². The number of fused-ring (bicyclic) bond motifs is 1. The summed E-state index contributed by atoms with van der Waals surface area (Å²) in [5, 5.41) is 4.41. The van der Waals surface area contributed by atoms with Crippen molar-refractivity contribution in [1.29, 1.82) is 0 Å². The fraction of sp³-hybridized carbons (Fsp3) is 0.217. The van der Waals surface area contributed by atoms with Gasteiger partial charge in [0, 0.05) is 18.3 Å². The SMILES string of the molecule is COc1cc(CNc2ccc3c(c2)OCCO3)cc(Br)c1OCc1ccc(Cl)c(Cl)c1. The molecular weight excluding hydrogens is 505 g/mol. The monoisotopic (exact) mass is 523 g/mol. The predicted octanol–water partition coefficient (Wildman–Crippen LogP) is 6.73. The van der Waals surface area contributed by atoms with Gasteiger partial charge in [0.1, 0.15) is 19.8 Å². The van der Waals surface area contributed by atoms with Crippen LogP contribution in [-0.4, -0.2) is 20.3 Å². The lowest BCUT2D eigenvalue weighted by Gasteiger charge is -2.19. The molecule has 5 nitrogen and oxygen atoms in total. The molecule has 1 N–H and O–H groups in total. The van der Waals surface area contributed by atoms with E-state index in [2.05, 4.69) is 21.2 Å². The van der Waals surface area contributed by atoms with Crippen LogP contribution in [0.25, 0.3) is 0 Å². The van der Waals surface area contributed by atoms with E-state index in [1.165, 1.54) is 0 Å². The first kappa shape index (κ1) is 21.9. The van der Waals surface area contributed by atoms with Crippen LogP contribution < -0.4 is 24.3 Å². The Morgan fingerprint density at radius 1 is 0.935 bits per heavy atom. The van der Waals surface area contributed by atoms with Gasteiger partial charge in [0.25, 0.3) is 0 Å². The van der Waals surface area contributed by atoms with Gasteiger partial charge in [0.2, 0.25) is 0 Å². The molecule has 0 saturated heterocycles. The van der Waals surface area contributed by atoms with Gasteiger partial charge in [-0.1, -0.05) is 29.3 Å². The van der Waals surface area contributed by atoms with Crippen molar-refractivity contribution in [2.24, 2.45) is 0 Å². The van der Waals surface area contributed by atoms with E-state index in [1.54, 1.807) is 19.2 Å². The number of rotatable bonds is 7. The third kappa shape index (κ3) is 5.32. The first-order valence-corrected chi connectivity index (χ1v) is 11.1. The quantitative estimate of drug-likeness (QED) is 0.371. The van der Waals surface area contributed by atoms with Gasteiger partial charge in [-0.25, -0.2) is 0 Å². The maximum absolute atomic E-state index is 6.09. The summed E-state index contributed by atoms with van der Waals surface area (Å²) < 4.78 is 23.6. The molecule has 0 atom stereocenters. The standard InChI is InChI=1S/C23H20BrCl2NO4/c1-28-22-10-15(12-27-16-3-5-20-21(11-16)30-7-6-29-20)8-17(24)23(22)31-13-14-2-4-18(25)19(26)9-14/h2-5,8-11,27H,6-7,12-13H2,1H3. The molecule has 1 aliphatic rings. The molecule has 8 heteroatoms. The van der Waals surface area contributed by atoms with Gasteiger partial charge >= 0.3 is 0 Å². The predicted molar refractivity (Wildman–Crippen MR) is 126 cm³/mol. The highest BCUT2D eigenvalue weighted by Crippen LogP contribution is 2.38. The molecule has 4 rings (SSSR count). The average molecular weight is 525 g/mol. The van der Waals surface area contributed by atoms with E-state index < -0.39 is 0 Å². The van der Waals surface area contributed by atoms with Crippen molar-refractivity contribution in [3.8, 4) is 23.0 Å². The largest absolute Gasteiger partial charge is 0.493 e. The highest BCUT2D eigenvalue weighted by atomic mass is 79.9. The van der Waals surface area contributed by atoms with Crippen molar-refractivity contribution in [2.75, 3.05) is 25.6 Å². The smallest absolute Gasteiger partial charge is 0.175 e. The number of anilines is 1. The minimum atomic E-state index is 0.334. The third-order valence-corrected chi connectivity index (χ3v) is 6.02. The summed E-state index contributed by atoms with van der Waals surface area (Å²) in [6.45, 7) is 2.07. The van der Waals surface area contributed by atoms with Gasteiger partial charge in [-0.15, -0.1) is 0 Å². The van der Waals surface area contributed by atoms with Crippen molar-refractivity contribution in [2.45, 2.75) is 13.2 Å². The van der Waals surface area contributed by atoms with Gasteiger partial charge in [0.15, 0.2) is 23.0 Å². The first-order valence-electron chi connectivity index (χ1n) is 9.60. The van der Waals surface area contributed by atoms with Crippen LogP contribution in [0.3, 0.4) is 0 Å². The molecule has 0 radical (unpaired) electrons. The second kappa shape index (κ2) is 9.90. The van der Waals surface area contributed by atoms with Crippen LogP contribution in [0.4, 0.5) is 5.69 Å². The Morgan fingerprint density at radius 3 is 2.52 bits per heavy atom. The summed E-state index contributed by atoms with van der Waals surface area (Å²) in [5.41, 5.74) is 2.88. The normalized spacial score (nSPS) is 12.4. The molecule has 0 saturated carbocycles. The zero-order chi connectivity index (χ0) is 21.8. The number of methoxy groups -OCH3 is 1. The van der Waals surface area contributed by atoms with Crippen molar-refractivity contribution in [3.05, 3.63) is 74.2 Å². The zero-order valence-corrected chi connectivity index (χ0v) is 19.8. The molecule has 1 heterocycles. The topological polar surface area (TPSA) is 49.0 Å². The van der Waals surface area contributed by atoms with Crippen molar-refractivity contribution < 1.29 is 18.9 Å². The molecule has 31 heavy (non-hydrogen) atoms. The van der Waals surface area contributed by atoms with Crippen LogP contribution in [-0.2, 0) is 13.2 Å². The van der Waals surface area contributed by atoms with E-state index in [9.17, 15) is 0 Å². The Morgan fingerprint density at radius 2 is 1.74 bits per heavy atom. The number of hydrogen-bond acceptors (Lipinski definition) is 5. The number of halogens is 3. The fourth-order valence-corrected chi connectivity index (χ4v) is 4.08. The minimum absolute atomic E-state index is 0.334. The molecule has 0 fully saturated rings. The molecular formula is C23H20BrCl2NO4. The van der Waals surface area contributed by atoms with Crippen LogP contribution in [0.1, 0.15) is 11.1 Å². The molecule has 3 aromatic rings. The van der Waals surface area contributed by atoms with E-state index in [-0.39, 0.29) is 0 Å². The summed E-state index contributed by atoms with van der Waals surface area (Å²) in [7, 11) is 1.62. The van der Waals surface area contributed by atoms with Crippen LogP contribution in [0.2, 0.25) is 10.0 Å². The third-order valence-electron chi connectivity index (χ3n) is 4.70. The van der Waals surface area contributed by atoms with Crippen LogP contribution in [0.5, 0.6) is 23.0 Å². The summed E-state index contributed by atoms with van der Waals surface area (Å²) in [5.74, 6) is 2.77. The highest BCUT2D eigenvalue weighted by molar-refractivity contribution is 9.10. The lowest BCUT2D eigenvalue weighted by molar-refractivity contribution is 0.171. The molecule has 1 aliphatic heterocycles. The van der Waals surface area contributed by atoms with Gasteiger partial charge in [-0.05, 0) is 63.5 Å². The molecule has 3 aromatic carbocycles. The highest BCUT2D eigenvalue weighted by Gasteiger charge is 2.14. The van der Waals surface area contributed by atoms with Crippen LogP contribution >= 0.6 is 39.1 Å². The molecule has 0 bridgehead atoms. The van der Waals surface area contributed by atoms with Gasteiger partial charge in [0.05, 0.1) is 21.6 Å². The Bertz CT molecular complexity index is 1090. The molecule has 0 amide bonds. The van der Waals surface area contributed by atoms with E-state index in [0.717, 1.165) is 32.8 Å². The van der Waals surface area contributed by atoms with E-state index in [4.69, 9.17) is 42.1 Å². The Balaban J connectivity index is 1.45. The van der Waals surface area contributed by atoms with Gasteiger partial charge < -0.3 is 24.3 Å². The van der Waals surface area contributed by atoms with Crippen molar-refractivity contribution in [1.82, 2.24) is 0 Å². The molecule has 162 valence electrons. The lowest BCUT2D eigenvalue weighted by atomic mass is 10.2. The van der Waals surface area contributed by atoms with Crippen molar-refractivity contribution >= 4 is 44.8 Å². The Hall–Kier alpha value is -2.28. The van der Waals surface area contributed by atoms with Crippen molar-refractivity contribution in [3.63, 3.8) is 0 Å².